The largest absolute Gasteiger partial charge is 0.418 e. The number of fused-ring (bicyclic) bond motifs is 1. The zero-order valence-electron chi connectivity index (χ0n) is 20.0. The molecule has 0 radical (unpaired) electrons. The van der Waals surface area contributed by atoms with Crippen LogP contribution in [0.2, 0.25) is 0 Å². The molecule has 0 bridgehead atoms. The summed E-state index contributed by atoms with van der Waals surface area (Å²) in [5.74, 6) is 0.312. The molecule has 0 spiro atoms. The summed E-state index contributed by atoms with van der Waals surface area (Å²) in [6.07, 6.45) is -4.26. The molecule has 1 aromatic heterocycles. The molecule has 1 unspecified atom stereocenters. The molecule has 1 atom stereocenters. The van der Waals surface area contributed by atoms with Crippen molar-refractivity contribution in [2.75, 3.05) is 12.4 Å². The van der Waals surface area contributed by atoms with Crippen LogP contribution in [-0.4, -0.2) is 27.5 Å². The van der Waals surface area contributed by atoms with Gasteiger partial charge in [-0.05, 0) is 49.7 Å². The fraction of sp³-hybridized carbons (Fsp3) is 0.222. The van der Waals surface area contributed by atoms with E-state index in [1.807, 2.05) is 26.0 Å². The smallest absolute Gasteiger partial charge is 0.317 e. The number of hydrogen-bond acceptors (Lipinski definition) is 3. The third kappa shape index (κ3) is 4.82. The zero-order chi connectivity index (χ0) is 26.0. The molecular formula is C27H25F3N4O2. The fourth-order valence-corrected chi connectivity index (χ4v) is 4.13. The van der Waals surface area contributed by atoms with Crippen LogP contribution in [0.1, 0.15) is 36.3 Å². The molecule has 36 heavy (non-hydrogen) atoms. The molecule has 0 fully saturated rings. The number of halogens is 3. The second kappa shape index (κ2) is 9.85. The molecule has 9 heteroatoms. The van der Waals surface area contributed by atoms with Gasteiger partial charge in [-0.15, -0.1) is 0 Å². The van der Waals surface area contributed by atoms with Crippen molar-refractivity contribution in [3.63, 3.8) is 0 Å². The molecule has 0 aliphatic rings. The van der Waals surface area contributed by atoms with E-state index in [4.69, 9.17) is 4.98 Å². The minimum Gasteiger partial charge on any atom is -0.317 e. The molecule has 186 valence electrons. The van der Waals surface area contributed by atoms with Crippen LogP contribution in [0.25, 0.3) is 16.6 Å². The Bertz CT molecular complexity index is 1460. The molecule has 0 saturated carbocycles. The number of amides is 2. The lowest BCUT2D eigenvalue weighted by Gasteiger charge is -2.29. The molecule has 1 heterocycles. The number of para-hydroxylation sites is 2. The average molecular weight is 495 g/mol. The highest BCUT2D eigenvalue weighted by atomic mass is 19.4. The number of carbonyl (C=O) groups is 1. The molecule has 4 aromatic rings. The van der Waals surface area contributed by atoms with Gasteiger partial charge in [-0.2, -0.15) is 13.2 Å². The van der Waals surface area contributed by atoms with Crippen molar-refractivity contribution in [3.05, 3.63) is 100 Å². The van der Waals surface area contributed by atoms with Gasteiger partial charge in [-0.1, -0.05) is 48.9 Å². The van der Waals surface area contributed by atoms with Gasteiger partial charge in [0.25, 0.3) is 5.56 Å². The number of hydrogen-bond donors (Lipinski definition) is 1. The molecular weight excluding hydrogens is 469 g/mol. The average Bonchev–Trinajstić information content (AvgIpc) is 2.85. The van der Waals surface area contributed by atoms with E-state index in [1.165, 1.54) is 34.7 Å². The van der Waals surface area contributed by atoms with Crippen molar-refractivity contribution in [1.82, 2.24) is 14.5 Å². The van der Waals surface area contributed by atoms with Gasteiger partial charge in [0.2, 0.25) is 0 Å². The monoisotopic (exact) mass is 494 g/mol. The number of carbonyl (C=O) groups excluding carboxylic acids is 1. The van der Waals surface area contributed by atoms with E-state index in [9.17, 15) is 22.8 Å². The first-order chi connectivity index (χ1) is 17.1. The Hall–Kier alpha value is -4.14. The van der Waals surface area contributed by atoms with Gasteiger partial charge in [0, 0.05) is 7.05 Å². The summed E-state index contributed by atoms with van der Waals surface area (Å²) in [6, 6.07) is 17.6. The Morgan fingerprint density at radius 2 is 1.67 bits per heavy atom. The fourth-order valence-electron chi connectivity index (χ4n) is 4.13. The maximum Gasteiger partial charge on any atom is 0.418 e. The van der Waals surface area contributed by atoms with Crippen molar-refractivity contribution >= 4 is 22.6 Å². The first-order valence-electron chi connectivity index (χ1n) is 11.4. The second-order valence-electron chi connectivity index (χ2n) is 8.47. The number of anilines is 1. The number of aryl methyl sites for hydroxylation is 1. The van der Waals surface area contributed by atoms with Crippen LogP contribution in [0.15, 0.2) is 77.6 Å². The van der Waals surface area contributed by atoms with Crippen LogP contribution < -0.4 is 10.9 Å². The first-order valence-corrected chi connectivity index (χ1v) is 11.4. The molecule has 0 saturated heterocycles. The quantitative estimate of drug-likeness (QED) is 0.353. The van der Waals surface area contributed by atoms with Gasteiger partial charge in [-0.25, -0.2) is 9.78 Å². The van der Waals surface area contributed by atoms with E-state index in [2.05, 4.69) is 5.32 Å². The van der Waals surface area contributed by atoms with E-state index in [0.29, 0.717) is 28.8 Å². The van der Waals surface area contributed by atoms with Gasteiger partial charge in [0.15, 0.2) is 0 Å². The lowest BCUT2D eigenvalue weighted by molar-refractivity contribution is -0.136. The third-order valence-electron chi connectivity index (χ3n) is 6.04. The molecule has 2 amide bonds. The summed E-state index contributed by atoms with van der Waals surface area (Å²) in [4.78, 5) is 32.7. The molecule has 4 rings (SSSR count). The Morgan fingerprint density at radius 1 is 1.03 bits per heavy atom. The Kier molecular flexibility index (Phi) is 6.83. The number of urea groups is 1. The standard InChI is InChI=1S/C27H25F3N4O2/c1-4-23(33(3)26(36)32-22-12-8-6-10-20(22)27(28,29)30)24-31-21-11-7-5-9-19(21)25(35)34(24)18-15-13-17(2)14-16-18/h5-16,23H,4H2,1-3H3,(H,32,36). The second-order valence-corrected chi connectivity index (χ2v) is 8.47. The van der Waals surface area contributed by atoms with Gasteiger partial charge < -0.3 is 10.2 Å². The Balaban J connectivity index is 1.80. The number of aromatic nitrogens is 2. The van der Waals surface area contributed by atoms with Crippen molar-refractivity contribution in [2.24, 2.45) is 0 Å². The SMILES string of the molecule is CCC(c1nc2ccccc2c(=O)n1-c1ccc(C)cc1)N(C)C(=O)Nc1ccccc1C(F)(F)F. The van der Waals surface area contributed by atoms with E-state index < -0.39 is 23.8 Å². The minimum absolute atomic E-state index is 0.297. The van der Waals surface area contributed by atoms with Gasteiger partial charge in [-0.3, -0.25) is 9.36 Å². The number of benzene rings is 3. The summed E-state index contributed by atoms with van der Waals surface area (Å²) in [7, 11) is 1.47. The normalized spacial score (nSPS) is 12.4. The van der Waals surface area contributed by atoms with Crippen molar-refractivity contribution < 1.29 is 18.0 Å². The van der Waals surface area contributed by atoms with Crippen molar-refractivity contribution in [2.45, 2.75) is 32.5 Å². The number of nitrogens with zero attached hydrogens (tertiary/aromatic N) is 3. The Labute approximate surface area is 206 Å². The van der Waals surface area contributed by atoms with Crippen LogP contribution in [0.5, 0.6) is 0 Å². The van der Waals surface area contributed by atoms with Crippen LogP contribution in [0.3, 0.4) is 0 Å². The number of alkyl halides is 3. The highest BCUT2D eigenvalue weighted by Crippen LogP contribution is 2.35. The molecule has 3 aromatic carbocycles. The zero-order valence-corrected chi connectivity index (χ0v) is 20.0. The Morgan fingerprint density at radius 3 is 2.33 bits per heavy atom. The molecule has 1 N–H and O–H groups in total. The topological polar surface area (TPSA) is 67.2 Å². The van der Waals surface area contributed by atoms with E-state index in [1.54, 1.807) is 36.4 Å². The van der Waals surface area contributed by atoms with E-state index in [-0.39, 0.29) is 11.2 Å². The highest BCUT2D eigenvalue weighted by Gasteiger charge is 2.34. The van der Waals surface area contributed by atoms with Gasteiger partial charge in [0.1, 0.15) is 5.82 Å². The van der Waals surface area contributed by atoms with Crippen molar-refractivity contribution in [3.8, 4) is 5.69 Å². The lowest BCUT2D eigenvalue weighted by atomic mass is 10.1. The highest BCUT2D eigenvalue weighted by molar-refractivity contribution is 5.90. The minimum atomic E-state index is -4.63. The predicted octanol–water partition coefficient (Wildman–Crippen LogP) is 6.33. The summed E-state index contributed by atoms with van der Waals surface area (Å²) in [6.45, 7) is 3.75. The maximum atomic E-state index is 13.6. The number of rotatable bonds is 5. The summed E-state index contributed by atoms with van der Waals surface area (Å²) < 4.78 is 41.8. The maximum absolute atomic E-state index is 13.6. The molecule has 6 nitrogen and oxygen atoms in total. The van der Waals surface area contributed by atoms with Gasteiger partial charge >= 0.3 is 12.2 Å². The van der Waals surface area contributed by atoms with Crippen molar-refractivity contribution in [1.29, 1.82) is 0 Å². The van der Waals surface area contributed by atoms with Crippen LogP contribution in [-0.2, 0) is 6.18 Å². The predicted molar refractivity (Wildman–Crippen MR) is 133 cm³/mol. The summed E-state index contributed by atoms with van der Waals surface area (Å²) in [5, 5.41) is 2.79. The van der Waals surface area contributed by atoms with E-state index in [0.717, 1.165) is 11.6 Å². The third-order valence-corrected chi connectivity index (χ3v) is 6.04. The summed E-state index contributed by atoms with van der Waals surface area (Å²) >= 11 is 0. The molecule has 0 aliphatic heterocycles. The van der Waals surface area contributed by atoms with Crippen LogP contribution in [0.4, 0.5) is 23.7 Å². The number of nitrogens with one attached hydrogen (secondary N) is 1. The lowest BCUT2D eigenvalue weighted by Crippen LogP contribution is -2.38. The summed E-state index contributed by atoms with van der Waals surface area (Å²) in [5.41, 5.74) is 0.464. The molecule has 0 aliphatic carbocycles. The van der Waals surface area contributed by atoms with Crippen LogP contribution in [0, 0.1) is 6.92 Å². The van der Waals surface area contributed by atoms with Gasteiger partial charge in [0.05, 0.1) is 33.9 Å². The first kappa shape index (κ1) is 25.0. The van der Waals surface area contributed by atoms with E-state index >= 15 is 0 Å². The van der Waals surface area contributed by atoms with Crippen LogP contribution >= 0.6 is 0 Å².